The Bertz CT molecular complexity index is 1380. The van der Waals surface area contributed by atoms with Crippen LogP contribution in [0.15, 0.2) is 55.1 Å². The van der Waals surface area contributed by atoms with Crippen molar-refractivity contribution in [3.63, 3.8) is 0 Å². The number of hydrogen-bond donors (Lipinski definition) is 4. The number of rotatable bonds is 4. The third-order valence-electron chi connectivity index (χ3n) is 7.34. The lowest BCUT2D eigenvalue weighted by molar-refractivity contribution is -0.142. The Labute approximate surface area is 221 Å². The Hall–Kier alpha value is -3.65. The average Bonchev–Trinajstić information content (AvgIpc) is 3.57. The van der Waals surface area contributed by atoms with Crippen LogP contribution in [0, 0.1) is 11.8 Å². The maximum Gasteiger partial charge on any atom is 0.306 e. The molecule has 3 atom stereocenters. The second-order valence-corrected chi connectivity index (χ2v) is 9.67. The van der Waals surface area contributed by atoms with Gasteiger partial charge >= 0.3 is 5.97 Å². The standard InChI is InChI=1S/C20H21N3O.C8H10N2O2.ClH/c1-13(16-8-4-6-14-5-2-3-7-17(14)16)23-20(24)15-9-10-18-19(11-15)22-12-21-18;11-8(12)5-1-2-6-7(3-5)10-4-9-6;/h2-8,12-13,15H,9-11H2,1H3,(H,21,22)(H,23,24);4-5H,1-3H2,(H,9,10)(H,11,12);1H/t13-,15?;;/m0../s1. The van der Waals surface area contributed by atoms with E-state index in [1.54, 1.807) is 12.7 Å². The average molecular weight is 522 g/mol. The first-order valence-electron chi connectivity index (χ1n) is 12.5. The number of aromatic amines is 2. The van der Waals surface area contributed by atoms with Crippen LogP contribution in [0.4, 0.5) is 0 Å². The molecule has 37 heavy (non-hydrogen) atoms. The molecule has 0 saturated carbocycles. The summed E-state index contributed by atoms with van der Waals surface area (Å²) in [4.78, 5) is 37.9. The molecule has 1 amide bonds. The molecule has 0 fully saturated rings. The van der Waals surface area contributed by atoms with Crippen molar-refractivity contribution in [3.8, 4) is 0 Å². The van der Waals surface area contributed by atoms with Crippen molar-refractivity contribution in [1.29, 1.82) is 0 Å². The molecule has 0 spiro atoms. The number of aromatic nitrogens is 4. The minimum absolute atomic E-state index is 0. The van der Waals surface area contributed by atoms with Crippen molar-refractivity contribution in [1.82, 2.24) is 25.3 Å². The third kappa shape index (κ3) is 5.85. The zero-order valence-electron chi connectivity index (χ0n) is 20.7. The lowest BCUT2D eigenvalue weighted by atomic mass is 9.88. The van der Waals surface area contributed by atoms with Gasteiger partial charge in [0.25, 0.3) is 0 Å². The van der Waals surface area contributed by atoms with Gasteiger partial charge < -0.3 is 20.4 Å². The van der Waals surface area contributed by atoms with E-state index in [0.29, 0.717) is 12.8 Å². The largest absolute Gasteiger partial charge is 0.481 e. The molecule has 2 aliphatic rings. The van der Waals surface area contributed by atoms with Gasteiger partial charge in [-0.2, -0.15) is 0 Å². The summed E-state index contributed by atoms with van der Waals surface area (Å²) in [6.45, 7) is 2.06. The maximum absolute atomic E-state index is 12.7. The third-order valence-corrected chi connectivity index (χ3v) is 7.34. The van der Waals surface area contributed by atoms with E-state index < -0.39 is 5.97 Å². The van der Waals surface area contributed by atoms with E-state index in [0.717, 1.165) is 48.5 Å². The lowest BCUT2D eigenvalue weighted by Gasteiger charge is -2.24. The summed E-state index contributed by atoms with van der Waals surface area (Å²) < 4.78 is 0. The summed E-state index contributed by atoms with van der Waals surface area (Å²) in [7, 11) is 0. The first-order valence-corrected chi connectivity index (χ1v) is 12.5. The van der Waals surface area contributed by atoms with E-state index in [2.05, 4.69) is 62.5 Å². The minimum Gasteiger partial charge on any atom is -0.481 e. The van der Waals surface area contributed by atoms with E-state index in [4.69, 9.17) is 5.11 Å². The van der Waals surface area contributed by atoms with Crippen LogP contribution in [0.1, 0.15) is 54.1 Å². The predicted octanol–water partition coefficient (Wildman–Crippen LogP) is 4.57. The SMILES string of the molecule is C[C@H](NC(=O)C1CCc2nc[nH]c2C1)c1cccc2ccccc12.Cl.O=C(O)C1CCc2nc[nH]c2C1. The zero-order chi connectivity index (χ0) is 25.1. The molecule has 194 valence electrons. The van der Waals surface area contributed by atoms with Crippen molar-refractivity contribution in [3.05, 3.63) is 83.5 Å². The van der Waals surface area contributed by atoms with Gasteiger partial charge in [-0.1, -0.05) is 42.5 Å². The highest BCUT2D eigenvalue weighted by molar-refractivity contribution is 5.87. The summed E-state index contributed by atoms with van der Waals surface area (Å²) in [5, 5.41) is 14.4. The highest BCUT2D eigenvalue weighted by Gasteiger charge is 2.27. The van der Waals surface area contributed by atoms with Crippen LogP contribution in [0.25, 0.3) is 10.8 Å². The Kier molecular flexibility index (Phi) is 8.28. The van der Waals surface area contributed by atoms with E-state index >= 15 is 0 Å². The van der Waals surface area contributed by atoms with Crippen molar-refractivity contribution in [2.24, 2.45) is 11.8 Å². The van der Waals surface area contributed by atoms with Gasteiger partial charge in [-0.25, -0.2) is 9.97 Å². The van der Waals surface area contributed by atoms with E-state index in [1.807, 2.05) is 12.1 Å². The number of aliphatic carboxylic acids is 1. The van der Waals surface area contributed by atoms with Crippen molar-refractivity contribution in [2.45, 2.75) is 51.5 Å². The summed E-state index contributed by atoms with van der Waals surface area (Å²) in [5.41, 5.74) is 5.42. The summed E-state index contributed by atoms with van der Waals surface area (Å²) >= 11 is 0. The number of carbonyl (C=O) groups excluding carboxylic acids is 1. The quantitative estimate of drug-likeness (QED) is 0.313. The first kappa shape index (κ1) is 26.4. The van der Waals surface area contributed by atoms with Crippen molar-refractivity contribution in [2.75, 3.05) is 0 Å². The molecule has 2 aromatic carbocycles. The number of nitrogens with zero attached hydrogens (tertiary/aromatic N) is 2. The van der Waals surface area contributed by atoms with Crippen molar-refractivity contribution >= 4 is 35.1 Å². The molecule has 0 radical (unpaired) electrons. The van der Waals surface area contributed by atoms with Crippen LogP contribution in [-0.4, -0.2) is 36.9 Å². The Morgan fingerprint density at radius 2 is 1.51 bits per heavy atom. The van der Waals surface area contributed by atoms with Gasteiger partial charge in [0, 0.05) is 30.1 Å². The van der Waals surface area contributed by atoms with Gasteiger partial charge in [0.1, 0.15) is 0 Å². The van der Waals surface area contributed by atoms with Crippen LogP contribution in [0.5, 0.6) is 0 Å². The number of carboxylic acid groups (broad SMARTS) is 1. The number of fused-ring (bicyclic) bond motifs is 3. The monoisotopic (exact) mass is 521 g/mol. The summed E-state index contributed by atoms with van der Waals surface area (Å²) in [6, 6.07) is 14.6. The summed E-state index contributed by atoms with van der Waals surface area (Å²) in [6.07, 6.45) is 7.96. The number of halogens is 1. The number of imidazole rings is 2. The molecule has 4 N–H and O–H groups in total. The fourth-order valence-corrected chi connectivity index (χ4v) is 5.27. The number of carbonyl (C=O) groups is 2. The normalized spacial score (nSPS) is 18.8. The highest BCUT2D eigenvalue weighted by Crippen LogP contribution is 2.27. The molecule has 2 aromatic heterocycles. The minimum atomic E-state index is -0.699. The molecule has 0 aliphatic heterocycles. The fraction of sp³-hybridized carbons (Fsp3) is 0.357. The maximum atomic E-state index is 12.7. The molecular weight excluding hydrogens is 490 g/mol. The van der Waals surface area contributed by atoms with Crippen LogP contribution in [-0.2, 0) is 35.3 Å². The number of aryl methyl sites for hydroxylation is 2. The number of H-pyrrole nitrogens is 2. The second kappa shape index (κ2) is 11.6. The van der Waals surface area contributed by atoms with Gasteiger partial charge in [0.05, 0.1) is 36.0 Å². The molecule has 8 nitrogen and oxygen atoms in total. The molecule has 0 saturated heterocycles. The number of amides is 1. The number of hydrogen-bond acceptors (Lipinski definition) is 4. The number of benzene rings is 2. The first-order chi connectivity index (χ1) is 17.5. The topological polar surface area (TPSA) is 124 Å². The lowest BCUT2D eigenvalue weighted by Crippen LogP contribution is -2.35. The molecular formula is C28H32ClN5O3. The Morgan fingerprint density at radius 1 is 0.919 bits per heavy atom. The fourth-order valence-electron chi connectivity index (χ4n) is 5.27. The van der Waals surface area contributed by atoms with Gasteiger partial charge in [0.15, 0.2) is 0 Å². The second-order valence-electron chi connectivity index (χ2n) is 9.67. The molecule has 2 unspecified atom stereocenters. The van der Waals surface area contributed by atoms with Crippen LogP contribution < -0.4 is 5.32 Å². The van der Waals surface area contributed by atoms with E-state index in [1.165, 1.54) is 16.3 Å². The van der Waals surface area contributed by atoms with Crippen LogP contribution >= 0.6 is 12.4 Å². The Balaban J connectivity index is 0.000000208. The van der Waals surface area contributed by atoms with Gasteiger partial charge in [-0.05, 0) is 48.9 Å². The molecule has 4 aromatic rings. The van der Waals surface area contributed by atoms with E-state index in [-0.39, 0.29) is 36.2 Å². The molecule has 2 heterocycles. The van der Waals surface area contributed by atoms with Gasteiger partial charge in [0.2, 0.25) is 5.91 Å². The predicted molar refractivity (Wildman–Crippen MR) is 144 cm³/mol. The van der Waals surface area contributed by atoms with Crippen molar-refractivity contribution < 1.29 is 14.7 Å². The molecule has 2 aliphatic carbocycles. The molecule has 6 rings (SSSR count). The zero-order valence-corrected chi connectivity index (χ0v) is 21.6. The number of nitrogens with one attached hydrogen (secondary N) is 3. The molecule has 0 bridgehead atoms. The van der Waals surface area contributed by atoms with E-state index in [9.17, 15) is 9.59 Å². The Morgan fingerprint density at radius 3 is 2.19 bits per heavy atom. The number of carboxylic acids is 1. The highest BCUT2D eigenvalue weighted by atomic mass is 35.5. The van der Waals surface area contributed by atoms with Gasteiger partial charge in [-0.15, -0.1) is 12.4 Å². The van der Waals surface area contributed by atoms with Crippen LogP contribution in [0.3, 0.4) is 0 Å². The summed E-state index contributed by atoms with van der Waals surface area (Å²) in [5.74, 6) is -0.765. The molecule has 9 heteroatoms. The van der Waals surface area contributed by atoms with Gasteiger partial charge in [-0.3, -0.25) is 9.59 Å². The smallest absolute Gasteiger partial charge is 0.306 e. The van der Waals surface area contributed by atoms with Crippen LogP contribution in [0.2, 0.25) is 0 Å².